The molecule has 0 bridgehead atoms. The molecule has 2 nitrogen and oxygen atoms in total. The zero-order chi connectivity index (χ0) is 19.3. The van der Waals surface area contributed by atoms with Crippen molar-refractivity contribution in [1.29, 1.82) is 0 Å². The Bertz CT molecular complexity index is 1040. The average molecular weight is 422 g/mol. The van der Waals surface area contributed by atoms with E-state index in [0.717, 1.165) is 39.1 Å². The van der Waals surface area contributed by atoms with Gasteiger partial charge in [0.25, 0.3) is 0 Å². The first-order chi connectivity index (χ1) is 12.7. The second-order valence-corrected chi connectivity index (χ2v) is 9.36. The molecule has 138 valence electrons. The minimum Gasteiger partial charge on any atom is -0.313 e. The number of aryl methyl sites for hydroxylation is 2. The maximum atomic E-state index is 12.9. The molecule has 1 aliphatic carbocycles. The zero-order valence-corrected chi connectivity index (χ0v) is 17.9. The minimum absolute atomic E-state index is 0.0170. The van der Waals surface area contributed by atoms with Crippen LogP contribution in [-0.4, -0.2) is 10.4 Å². The van der Waals surface area contributed by atoms with Gasteiger partial charge in [0, 0.05) is 27.8 Å². The Kier molecular flexibility index (Phi) is 4.38. The molecule has 0 saturated carbocycles. The van der Waals surface area contributed by atoms with E-state index in [1.807, 2.05) is 0 Å². The van der Waals surface area contributed by atoms with E-state index in [9.17, 15) is 4.79 Å². The van der Waals surface area contributed by atoms with Crippen LogP contribution in [0.2, 0.25) is 0 Å². The van der Waals surface area contributed by atoms with E-state index >= 15 is 0 Å². The first-order valence-corrected chi connectivity index (χ1v) is 10.2. The van der Waals surface area contributed by atoms with Crippen molar-refractivity contribution in [2.75, 3.05) is 0 Å². The lowest BCUT2D eigenvalue weighted by Gasteiger charge is -2.30. The van der Waals surface area contributed by atoms with Crippen molar-refractivity contribution in [3.05, 3.63) is 75.4 Å². The number of rotatable bonds is 2. The van der Waals surface area contributed by atoms with E-state index in [1.54, 1.807) is 0 Å². The fraction of sp³-hybridized carbons (Fsp3) is 0.292. The van der Waals surface area contributed by atoms with E-state index < -0.39 is 0 Å². The SMILES string of the molecule is Cc1ccc(-n2c(-c3ccc(Br)cc3)cc3c2CC(C)(C)CC3=O)cc1C. The minimum atomic E-state index is -0.0170. The van der Waals surface area contributed by atoms with E-state index in [4.69, 9.17) is 0 Å². The fourth-order valence-electron chi connectivity index (χ4n) is 4.00. The quantitative estimate of drug-likeness (QED) is 0.452. The second-order valence-electron chi connectivity index (χ2n) is 8.44. The molecule has 0 radical (unpaired) electrons. The third kappa shape index (κ3) is 3.29. The number of hydrogen-bond donors (Lipinski definition) is 0. The molecule has 0 atom stereocenters. The molecule has 1 aliphatic rings. The maximum absolute atomic E-state index is 12.9. The Labute approximate surface area is 169 Å². The summed E-state index contributed by atoms with van der Waals surface area (Å²) < 4.78 is 3.35. The van der Waals surface area contributed by atoms with Crippen molar-refractivity contribution in [2.45, 2.75) is 40.5 Å². The highest BCUT2D eigenvalue weighted by Crippen LogP contribution is 2.40. The lowest BCUT2D eigenvalue weighted by Crippen LogP contribution is -2.27. The Morgan fingerprint density at radius 3 is 2.30 bits per heavy atom. The lowest BCUT2D eigenvalue weighted by molar-refractivity contribution is 0.0911. The third-order valence-electron chi connectivity index (χ3n) is 5.58. The molecule has 0 fully saturated rings. The molecule has 0 aliphatic heterocycles. The van der Waals surface area contributed by atoms with Gasteiger partial charge in [0.1, 0.15) is 0 Å². The van der Waals surface area contributed by atoms with Gasteiger partial charge in [0.15, 0.2) is 5.78 Å². The Hall–Kier alpha value is -2.13. The summed E-state index contributed by atoms with van der Waals surface area (Å²) in [5.74, 6) is 0.252. The third-order valence-corrected chi connectivity index (χ3v) is 6.11. The summed E-state index contributed by atoms with van der Waals surface area (Å²) in [4.78, 5) is 12.9. The average Bonchev–Trinajstić information content (AvgIpc) is 2.96. The van der Waals surface area contributed by atoms with Crippen LogP contribution in [0, 0.1) is 19.3 Å². The van der Waals surface area contributed by atoms with Gasteiger partial charge in [-0.1, -0.05) is 48.0 Å². The van der Waals surface area contributed by atoms with Crippen LogP contribution in [0.25, 0.3) is 16.9 Å². The van der Waals surface area contributed by atoms with Crippen LogP contribution in [0.1, 0.15) is 47.4 Å². The number of benzene rings is 2. The number of aromatic nitrogens is 1. The summed E-state index contributed by atoms with van der Waals surface area (Å²) >= 11 is 3.52. The summed E-state index contributed by atoms with van der Waals surface area (Å²) in [6, 6.07) is 17.0. The van der Waals surface area contributed by atoms with Gasteiger partial charge in [-0.15, -0.1) is 0 Å². The summed E-state index contributed by atoms with van der Waals surface area (Å²) in [6.07, 6.45) is 1.51. The first-order valence-electron chi connectivity index (χ1n) is 9.36. The van der Waals surface area contributed by atoms with Gasteiger partial charge in [-0.2, -0.15) is 0 Å². The van der Waals surface area contributed by atoms with Crippen molar-refractivity contribution in [2.24, 2.45) is 5.41 Å². The van der Waals surface area contributed by atoms with Crippen LogP contribution in [-0.2, 0) is 6.42 Å². The molecule has 0 spiro atoms. The highest BCUT2D eigenvalue weighted by Gasteiger charge is 2.35. The molecule has 3 heteroatoms. The van der Waals surface area contributed by atoms with Crippen LogP contribution >= 0.6 is 15.9 Å². The fourth-order valence-corrected chi connectivity index (χ4v) is 4.27. The molecule has 1 aromatic heterocycles. The van der Waals surface area contributed by atoms with Gasteiger partial charge >= 0.3 is 0 Å². The van der Waals surface area contributed by atoms with Crippen molar-refractivity contribution < 1.29 is 4.79 Å². The number of ketones is 1. The largest absolute Gasteiger partial charge is 0.313 e. The Balaban J connectivity index is 2.00. The smallest absolute Gasteiger partial charge is 0.165 e. The van der Waals surface area contributed by atoms with Crippen molar-refractivity contribution in [3.8, 4) is 16.9 Å². The zero-order valence-electron chi connectivity index (χ0n) is 16.3. The molecule has 0 N–H and O–H groups in total. The van der Waals surface area contributed by atoms with Crippen molar-refractivity contribution >= 4 is 21.7 Å². The normalized spacial score (nSPS) is 15.7. The van der Waals surface area contributed by atoms with Gasteiger partial charge in [0.2, 0.25) is 0 Å². The number of halogens is 1. The predicted octanol–water partition coefficient (Wildman–Crippen LogP) is 6.68. The Morgan fingerprint density at radius 1 is 0.926 bits per heavy atom. The van der Waals surface area contributed by atoms with Crippen molar-refractivity contribution in [1.82, 2.24) is 4.57 Å². The van der Waals surface area contributed by atoms with Gasteiger partial charge in [-0.3, -0.25) is 4.79 Å². The molecule has 3 aromatic rings. The molecule has 0 saturated heterocycles. The summed E-state index contributed by atoms with van der Waals surface area (Å²) in [5, 5.41) is 0. The summed E-state index contributed by atoms with van der Waals surface area (Å²) in [6.45, 7) is 8.64. The van der Waals surface area contributed by atoms with Gasteiger partial charge < -0.3 is 4.57 Å². The topological polar surface area (TPSA) is 22.0 Å². The predicted molar refractivity (Wildman–Crippen MR) is 115 cm³/mol. The van der Waals surface area contributed by atoms with Crippen LogP contribution in [0.5, 0.6) is 0 Å². The number of fused-ring (bicyclic) bond motifs is 1. The maximum Gasteiger partial charge on any atom is 0.165 e. The van der Waals surface area contributed by atoms with Gasteiger partial charge in [0.05, 0.1) is 5.69 Å². The highest BCUT2D eigenvalue weighted by atomic mass is 79.9. The second kappa shape index (κ2) is 6.49. The Morgan fingerprint density at radius 2 is 1.63 bits per heavy atom. The number of Topliss-reactive ketones (excluding diaryl/α,β-unsaturated/α-hetero) is 1. The van der Waals surface area contributed by atoms with Crippen LogP contribution in [0.4, 0.5) is 0 Å². The molecule has 2 aromatic carbocycles. The number of hydrogen-bond acceptors (Lipinski definition) is 1. The molecular weight excluding hydrogens is 398 g/mol. The lowest BCUT2D eigenvalue weighted by atomic mass is 9.76. The van der Waals surface area contributed by atoms with Crippen LogP contribution in [0.3, 0.4) is 0 Å². The van der Waals surface area contributed by atoms with Gasteiger partial charge in [-0.05, 0) is 72.7 Å². The summed E-state index contributed by atoms with van der Waals surface area (Å²) in [5.41, 5.74) is 7.88. The van der Waals surface area contributed by atoms with E-state index in [0.29, 0.717) is 6.42 Å². The molecule has 0 unspecified atom stereocenters. The summed E-state index contributed by atoms with van der Waals surface area (Å²) in [7, 11) is 0. The van der Waals surface area contributed by atoms with E-state index in [-0.39, 0.29) is 11.2 Å². The number of carbonyl (C=O) groups excluding carboxylic acids is 1. The van der Waals surface area contributed by atoms with Crippen molar-refractivity contribution in [3.63, 3.8) is 0 Å². The van der Waals surface area contributed by atoms with Crippen LogP contribution in [0.15, 0.2) is 53.0 Å². The first kappa shape index (κ1) is 18.2. The molecule has 0 amide bonds. The van der Waals surface area contributed by atoms with E-state index in [1.165, 1.54) is 11.1 Å². The molecular formula is C24H24BrNO. The number of nitrogens with zero attached hydrogens (tertiary/aromatic N) is 1. The highest BCUT2D eigenvalue weighted by molar-refractivity contribution is 9.10. The molecule has 1 heterocycles. The van der Waals surface area contributed by atoms with Crippen LogP contribution < -0.4 is 0 Å². The molecule has 4 rings (SSSR count). The van der Waals surface area contributed by atoms with Gasteiger partial charge in [-0.25, -0.2) is 0 Å². The molecule has 27 heavy (non-hydrogen) atoms. The monoisotopic (exact) mass is 421 g/mol. The van der Waals surface area contributed by atoms with E-state index in [2.05, 4.69) is 96.7 Å². The standard InChI is InChI=1S/C24H24BrNO/c1-15-5-10-19(11-16(15)2)26-21(17-6-8-18(25)9-7-17)12-20-22(26)13-24(3,4)14-23(20)27/h5-12H,13-14H2,1-4H3. The number of carbonyl (C=O) groups is 1.